The van der Waals surface area contributed by atoms with Gasteiger partial charge in [0.2, 0.25) is 0 Å². The zero-order valence-electron chi connectivity index (χ0n) is 15.2. The van der Waals surface area contributed by atoms with Crippen molar-refractivity contribution in [1.82, 2.24) is 4.57 Å². The standard InChI is InChI=1S/C22H22N2O3/c1-24-19(13-12-17-8-4-2-5-9-17)14-15-20(21(24)25)23-22(26)27-16-18-10-6-3-7-11-18/h2-11,14-15H,12-13,16H2,1H3,(H,23,26). The molecule has 0 bridgehead atoms. The van der Waals surface area contributed by atoms with Crippen molar-refractivity contribution in [2.24, 2.45) is 7.05 Å². The van der Waals surface area contributed by atoms with Gasteiger partial charge >= 0.3 is 6.09 Å². The predicted molar refractivity (Wildman–Crippen MR) is 106 cm³/mol. The number of aromatic nitrogens is 1. The number of carbonyl (C=O) groups excluding carboxylic acids is 1. The fraction of sp³-hybridized carbons (Fsp3) is 0.182. The highest BCUT2D eigenvalue weighted by atomic mass is 16.5. The number of rotatable bonds is 6. The van der Waals surface area contributed by atoms with Gasteiger partial charge < -0.3 is 9.30 Å². The summed E-state index contributed by atoms with van der Waals surface area (Å²) in [7, 11) is 1.71. The monoisotopic (exact) mass is 362 g/mol. The van der Waals surface area contributed by atoms with Crippen LogP contribution in [0, 0.1) is 0 Å². The minimum Gasteiger partial charge on any atom is -0.444 e. The number of pyridine rings is 1. The first kappa shape index (κ1) is 18.5. The molecule has 3 rings (SSSR count). The highest BCUT2D eigenvalue weighted by molar-refractivity contribution is 5.84. The summed E-state index contributed by atoms with van der Waals surface area (Å²) in [4.78, 5) is 24.5. The summed E-state index contributed by atoms with van der Waals surface area (Å²) in [6.07, 6.45) is 0.946. The van der Waals surface area contributed by atoms with Crippen LogP contribution in [0.15, 0.2) is 77.6 Å². The first-order valence-corrected chi connectivity index (χ1v) is 8.84. The van der Waals surface area contributed by atoms with Crippen LogP contribution in [0.4, 0.5) is 10.5 Å². The zero-order valence-corrected chi connectivity index (χ0v) is 15.2. The van der Waals surface area contributed by atoms with E-state index in [-0.39, 0.29) is 17.9 Å². The number of hydrogen-bond acceptors (Lipinski definition) is 3. The van der Waals surface area contributed by atoms with Crippen LogP contribution in [0.3, 0.4) is 0 Å². The Morgan fingerprint density at radius 2 is 1.52 bits per heavy atom. The first-order valence-electron chi connectivity index (χ1n) is 8.84. The van der Waals surface area contributed by atoms with E-state index in [1.54, 1.807) is 17.7 Å². The van der Waals surface area contributed by atoms with E-state index in [4.69, 9.17) is 4.74 Å². The van der Waals surface area contributed by atoms with Crippen LogP contribution in [0.25, 0.3) is 0 Å². The molecule has 1 aromatic heterocycles. The van der Waals surface area contributed by atoms with Crippen molar-refractivity contribution in [3.05, 3.63) is 100.0 Å². The molecule has 1 N–H and O–H groups in total. The lowest BCUT2D eigenvalue weighted by atomic mass is 10.1. The van der Waals surface area contributed by atoms with Crippen LogP contribution < -0.4 is 10.9 Å². The second kappa shape index (κ2) is 8.85. The maximum absolute atomic E-state index is 12.5. The van der Waals surface area contributed by atoms with E-state index in [1.165, 1.54) is 5.56 Å². The molecular weight excluding hydrogens is 340 g/mol. The molecule has 1 heterocycles. The highest BCUT2D eigenvalue weighted by Crippen LogP contribution is 2.09. The molecule has 0 spiro atoms. The fourth-order valence-electron chi connectivity index (χ4n) is 2.81. The Bertz CT molecular complexity index is 950. The molecule has 0 unspecified atom stereocenters. The average molecular weight is 362 g/mol. The van der Waals surface area contributed by atoms with Gasteiger partial charge in [0.1, 0.15) is 12.3 Å². The summed E-state index contributed by atoms with van der Waals surface area (Å²) in [5, 5.41) is 2.53. The number of nitrogens with one attached hydrogen (secondary N) is 1. The van der Waals surface area contributed by atoms with E-state index in [0.29, 0.717) is 0 Å². The van der Waals surface area contributed by atoms with Crippen LogP contribution in [0.1, 0.15) is 16.8 Å². The average Bonchev–Trinajstić information content (AvgIpc) is 2.71. The van der Waals surface area contributed by atoms with Gasteiger partial charge in [0.05, 0.1) is 0 Å². The summed E-state index contributed by atoms with van der Waals surface area (Å²) in [6.45, 7) is 0.155. The van der Waals surface area contributed by atoms with Crippen LogP contribution in [-0.4, -0.2) is 10.7 Å². The van der Waals surface area contributed by atoms with Crippen molar-refractivity contribution in [1.29, 1.82) is 0 Å². The molecule has 5 heteroatoms. The third-order valence-corrected chi connectivity index (χ3v) is 4.37. The van der Waals surface area contributed by atoms with Gasteiger partial charge in [-0.3, -0.25) is 10.1 Å². The molecule has 138 valence electrons. The number of amides is 1. The van der Waals surface area contributed by atoms with E-state index in [0.717, 1.165) is 24.1 Å². The maximum atomic E-state index is 12.5. The second-order valence-corrected chi connectivity index (χ2v) is 6.27. The normalized spacial score (nSPS) is 10.4. The molecular formula is C22H22N2O3. The van der Waals surface area contributed by atoms with Gasteiger partial charge in [-0.25, -0.2) is 4.79 Å². The predicted octanol–water partition coefficient (Wildman–Crippen LogP) is 3.92. The van der Waals surface area contributed by atoms with Gasteiger partial charge in [0.15, 0.2) is 0 Å². The molecule has 0 fully saturated rings. The Labute approximate surface area is 158 Å². The lowest BCUT2D eigenvalue weighted by molar-refractivity contribution is 0.155. The number of anilines is 1. The Balaban J connectivity index is 1.60. The largest absolute Gasteiger partial charge is 0.444 e. The molecule has 27 heavy (non-hydrogen) atoms. The lowest BCUT2D eigenvalue weighted by Gasteiger charge is -2.11. The van der Waals surface area contributed by atoms with Crippen LogP contribution >= 0.6 is 0 Å². The molecule has 0 saturated carbocycles. The lowest BCUT2D eigenvalue weighted by Crippen LogP contribution is -2.26. The molecule has 0 aliphatic rings. The SMILES string of the molecule is Cn1c(CCc2ccccc2)ccc(NC(=O)OCc2ccccc2)c1=O. The highest BCUT2D eigenvalue weighted by Gasteiger charge is 2.10. The fourth-order valence-corrected chi connectivity index (χ4v) is 2.81. The molecule has 2 aromatic carbocycles. The van der Waals surface area contributed by atoms with Crippen molar-refractivity contribution in [2.45, 2.75) is 19.4 Å². The molecule has 0 aliphatic carbocycles. The molecule has 0 aliphatic heterocycles. The Kier molecular flexibility index (Phi) is 6.05. The number of hydrogen-bond donors (Lipinski definition) is 1. The van der Waals surface area contributed by atoms with E-state index in [9.17, 15) is 9.59 Å². The van der Waals surface area contributed by atoms with Crippen molar-refractivity contribution < 1.29 is 9.53 Å². The van der Waals surface area contributed by atoms with E-state index in [2.05, 4.69) is 17.4 Å². The summed E-state index contributed by atoms with van der Waals surface area (Å²) in [5.74, 6) is 0. The Hall–Kier alpha value is -3.34. The molecule has 0 radical (unpaired) electrons. The summed E-state index contributed by atoms with van der Waals surface area (Å²) < 4.78 is 6.73. The van der Waals surface area contributed by atoms with E-state index in [1.807, 2.05) is 54.6 Å². The molecule has 5 nitrogen and oxygen atoms in total. The van der Waals surface area contributed by atoms with Crippen molar-refractivity contribution in [2.75, 3.05) is 5.32 Å². The zero-order chi connectivity index (χ0) is 19.1. The third-order valence-electron chi connectivity index (χ3n) is 4.37. The van der Waals surface area contributed by atoms with Crippen LogP contribution in [-0.2, 0) is 31.2 Å². The van der Waals surface area contributed by atoms with E-state index < -0.39 is 6.09 Å². The number of carbonyl (C=O) groups is 1. The molecule has 0 atom stereocenters. The summed E-state index contributed by atoms with van der Waals surface area (Å²) in [6, 6.07) is 23.0. The van der Waals surface area contributed by atoms with E-state index >= 15 is 0 Å². The molecule has 3 aromatic rings. The van der Waals surface area contributed by atoms with Crippen molar-refractivity contribution >= 4 is 11.8 Å². The van der Waals surface area contributed by atoms with Crippen molar-refractivity contribution in [3.63, 3.8) is 0 Å². The number of ether oxygens (including phenoxy) is 1. The maximum Gasteiger partial charge on any atom is 0.412 e. The van der Waals surface area contributed by atoms with Gasteiger partial charge in [0, 0.05) is 12.7 Å². The smallest absolute Gasteiger partial charge is 0.412 e. The van der Waals surface area contributed by atoms with Gasteiger partial charge in [-0.15, -0.1) is 0 Å². The number of benzene rings is 2. The van der Waals surface area contributed by atoms with Gasteiger partial charge in [0.25, 0.3) is 5.56 Å². The Morgan fingerprint density at radius 1 is 0.889 bits per heavy atom. The van der Waals surface area contributed by atoms with Crippen LogP contribution in [0.2, 0.25) is 0 Å². The minimum absolute atomic E-state index is 0.155. The second-order valence-electron chi connectivity index (χ2n) is 6.27. The summed E-state index contributed by atoms with van der Waals surface area (Å²) >= 11 is 0. The quantitative estimate of drug-likeness (QED) is 0.723. The number of nitrogens with zero attached hydrogens (tertiary/aromatic N) is 1. The molecule has 0 saturated heterocycles. The van der Waals surface area contributed by atoms with Gasteiger partial charge in [-0.1, -0.05) is 60.7 Å². The Morgan fingerprint density at radius 3 is 2.19 bits per heavy atom. The third kappa shape index (κ3) is 5.07. The van der Waals surface area contributed by atoms with Gasteiger partial charge in [-0.2, -0.15) is 0 Å². The topological polar surface area (TPSA) is 60.3 Å². The summed E-state index contributed by atoms with van der Waals surface area (Å²) in [5.41, 5.74) is 2.97. The number of aryl methyl sites for hydroxylation is 2. The van der Waals surface area contributed by atoms with Crippen LogP contribution in [0.5, 0.6) is 0 Å². The first-order chi connectivity index (χ1) is 13.1. The minimum atomic E-state index is -0.645. The van der Waals surface area contributed by atoms with Gasteiger partial charge in [-0.05, 0) is 36.1 Å². The van der Waals surface area contributed by atoms with Crippen molar-refractivity contribution in [3.8, 4) is 0 Å². The molecule has 1 amide bonds.